The van der Waals surface area contributed by atoms with E-state index < -0.39 is 0 Å². The Morgan fingerprint density at radius 2 is 2.13 bits per heavy atom. The van der Waals surface area contributed by atoms with Crippen molar-refractivity contribution in [2.24, 2.45) is 0 Å². The highest BCUT2D eigenvalue weighted by Crippen LogP contribution is 2.16. The number of hydrogen-bond acceptors (Lipinski definition) is 5. The van der Waals surface area contributed by atoms with Gasteiger partial charge in [-0.25, -0.2) is 0 Å². The minimum atomic E-state index is -0.0196. The van der Waals surface area contributed by atoms with Gasteiger partial charge >= 0.3 is 0 Å². The van der Waals surface area contributed by atoms with Gasteiger partial charge in [-0.05, 0) is 5.21 Å². The molecule has 8 heteroatoms. The zero-order valence-corrected chi connectivity index (χ0v) is 12.4. The van der Waals surface area contributed by atoms with Gasteiger partial charge < -0.3 is 4.90 Å². The van der Waals surface area contributed by atoms with Crippen LogP contribution < -0.4 is 0 Å². The predicted octanol–water partition coefficient (Wildman–Crippen LogP) is 0.648. The Bertz CT molecular complexity index is 823. The lowest BCUT2D eigenvalue weighted by Crippen LogP contribution is -2.38. The van der Waals surface area contributed by atoms with Gasteiger partial charge in [-0.15, -0.1) is 10.2 Å². The molecule has 3 heterocycles. The molecule has 0 atom stereocenters. The zero-order valence-electron chi connectivity index (χ0n) is 12.4. The van der Waals surface area contributed by atoms with Crippen molar-refractivity contribution in [1.82, 2.24) is 35.3 Å². The van der Waals surface area contributed by atoms with E-state index in [-0.39, 0.29) is 12.5 Å². The second-order valence-corrected chi connectivity index (χ2v) is 5.45. The van der Waals surface area contributed by atoms with Crippen molar-refractivity contribution in [2.75, 3.05) is 6.54 Å². The van der Waals surface area contributed by atoms with E-state index in [9.17, 15) is 4.79 Å². The van der Waals surface area contributed by atoms with Crippen LogP contribution in [0.25, 0.3) is 11.4 Å². The van der Waals surface area contributed by atoms with Crippen LogP contribution in [-0.4, -0.2) is 47.8 Å². The molecular formula is C15H15N7O. The van der Waals surface area contributed by atoms with Crippen LogP contribution in [0.3, 0.4) is 0 Å². The fraction of sp³-hybridized carbons (Fsp3) is 0.267. The molecule has 0 bridgehead atoms. The molecule has 8 nitrogen and oxygen atoms in total. The monoisotopic (exact) mass is 309 g/mol. The van der Waals surface area contributed by atoms with E-state index in [1.165, 1.54) is 4.80 Å². The number of benzene rings is 1. The number of aromatic amines is 1. The molecule has 4 rings (SSSR count). The number of carbonyl (C=O) groups is 1. The zero-order chi connectivity index (χ0) is 15.6. The number of rotatable bonds is 3. The molecule has 0 fully saturated rings. The van der Waals surface area contributed by atoms with Crippen molar-refractivity contribution < 1.29 is 4.79 Å². The number of aromatic nitrogens is 6. The van der Waals surface area contributed by atoms with Gasteiger partial charge in [0, 0.05) is 36.3 Å². The first-order valence-electron chi connectivity index (χ1n) is 7.42. The Morgan fingerprint density at radius 3 is 3.00 bits per heavy atom. The Balaban J connectivity index is 1.45. The third-order valence-electron chi connectivity index (χ3n) is 3.91. The molecule has 23 heavy (non-hydrogen) atoms. The van der Waals surface area contributed by atoms with Crippen LogP contribution in [0.2, 0.25) is 0 Å². The van der Waals surface area contributed by atoms with E-state index in [1.54, 1.807) is 11.1 Å². The van der Waals surface area contributed by atoms with Crippen LogP contribution in [-0.2, 0) is 24.3 Å². The molecule has 0 spiro atoms. The average molecular weight is 309 g/mol. The lowest BCUT2D eigenvalue weighted by atomic mass is 10.1. The highest BCUT2D eigenvalue weighted by atomic mass is 16.2. The summed E-state index contributed by atoms with van der Waals surface area (Å²) in [4.78, 5) is 15.5. The number of nitrogens with zero attached hydrogens (tertiary/aromatic N) is 6. The Labute approximate surface area is 132 Å². The van der Waals surface area contributed by atoms with Gasteiger partial charge in [0.05, 0.1) is 6.20 Å². The molecule has 0 unspecified atom stereocenters. The van der Waals surface area contributed by atoms with E-state index in [2.05, 4.69) is 25.6 Å². The molecule has 116 valence electrons. The van der Waals surface area contributed by atoms with Crippen molar-refractivity contribution >= 4 is 5.91 Å². The number of fused-ring (bicyclic) bond motifs is 1. The first kappa shape index (κ1) is 13.6. The van der Waals surface area contributed by atoms with Gasteiger partial charge in [0.1, 0.15) is 6.54 Å². The molecule has 1 aliphatic heterocycles. The number of carbonyl (C=O) groups excluding carboxylic acids is 1. The van der Waals surface area contributed by atoms with E-state index in [1.807, 2.05) is 30.3 Å². The Morgan fingerprint density at radius 1 is 1.26 bits per heavy atom. The molecule has 2 aromatic heterocycles. The van der Waals surface area contributed by atoms with E-state index in [0.29, 0.717) is 18.9 Å². The summed E-state index contributed by atoms with van der Waals surface area (Å²) < 4.78 is 0. The van der Waals surface area contributed by atoms with Crippen molar-refractivity contribution in [3.63, 3.8) is 0 Å². The second-order valence-electron chi connectivity index (χ2n) is 5.45. The molecule has 0 aliphatic carbocycles. The topological polar surface area (TPSA) is 92.6 Å². The lowest BCUT2D eigenvalue weighted by molar-refractivity contribution is -0.133. The van der Waals surface area contributed by atoms with Crippen LogP contribution in [0.1, 0.15) is 11.3 Å². The van der Waals surface area contributed by atoms with Crippen molar-refractivity contribution in [3.05, 3.63) is 47.8 Å². The minimum absolute atomic E-state index is 0.0196. The third kappa shape index (κ3) is 2.70. The third-order valence-corrected chi connectivity index (χ3v) is 3.91. The predicted molar refractivity (Wildman–Crippen MR) is 81.0 cm³/mol. The normalized spacial score (nSPS) is 13.8. The van der Waals surface area contributed by atoms with E-state index in [0.717, 1.165) is 23.2 Å². The summed E-state index contributed by atoms with van der Waals surface area (Å²) in [6.45, 7) is 1.34. The molecule has 0 saturated carbocycles. The minimum Gasteiger partial charge on any atom is -0.336 e. The largest absolute Gasteiger partial charge is 0.336 e. The summed E-state index contributed by atoms with van der Waals surface area (Å²) in [7, 11) is 0. The first-order chi connectivity index (χ1) is 11.3. The number of tetrazole rings is 1. The van der Waals surface area contributed by atoms with Gasteiger partial charge in [-0.1, -0.05) is 30.3 Å². The van der Waals surface area contributed by atoms with Crippen molar-refractivity contribution in [1.29, 1.82) is 0 Å². The lowest BCUT2D eigenvalue weighted by Gasteiger charge is -2.26. The van der Waals surface area contributed by atoms with Crippen LogP contribution in [0.15, 0.2) is 36.5 Å². The van der Waals surface area contributed by atoms with Crippen LogP contribution in [0, 0.1) is 0 Å². The Kier molecular flexibility index (Phi) is 3.34. The second kappa shape index (κ2) is 5.64. The maximum Gasteiger partial charge on any atom is 0.246 e. The van der Waals surface area contributed by atoms with Crippen LogP contribution in [0.5, 0.6) is 0 Å². The summed E-state index contributed by atoms with van der Waals surface area (Å²) in [5, 5.41) is 19.2. The molecule has 1 aromatic carbocycles. The first-order valence-corrected chi connectivity index (χ1v) is 7.42. The fourth-order valence-electron chi connectivity index (χ4n) is 2.67. The van der Waals surface area contributed by atoms with Gasteiger partial charge in [-0.3, -0.25) is 9.89 Å². The molecular weight excluding hydrogens is 294 g/mol. The van der Waals surface area contributed by atoms with E-state index in [4.69, 9.17) is 0 Å². The standard InChI is InChI=1S/C15H15N7O/c23-14(21-7-6-13-12(9-21)8-16-17-13)10-22-19-15(18-20-22)11-4-2-1-3-5-11/h1-5,8H,6-7,9-10H2,(H,16,17). The molecule has 0 saturated heterocycles. The summed E-state index contributed by atoms with van der Waals surface area (Å²) in [5.41, 5.74) is 3.06. The summed E-state index contributed by atoms with van der Waals surface area (Å²) in [5.74, 6) is 0.503. The summed E-state index contributed by atoms with van der Waals surface area (Å²) in [6.07, 6.45) is 2.57. The van der Waals surface area contributed by atoms with Crippen molar-refractivity contribution in [3.8, 4) is 11.4 Å². The molecule has 1 aliphatic rings. The maximum absolute atomic E-state index is 12.4. The van der Waals surface area contributed by atoms with Crippen LogP contribution in [0.4, 0.5) is 0 Å². The number of nitrogens with one attached hydrogen (secondary N) is 1. The Hall–Kier alpha value is -3.03. The number of hydrogen-bond donors (Lipinski definition) is 1. The van der Waals surface area contributed by atoms with Crippen molar-refractivity contribution in [2.45, 2.75) is 19.5 Å². The van der Waals surface area contributed by atoms with Gasteiger partial charge in [0.25, 0.3) is 0 Å². The number of H-pyrrole nitrogens is 1. The van der Waals surface area contributed by atoms with Gasteiger partial charge in [0.15, 0.2) is 0 Å². The molecule has 0 radical (unpaired) electrons. The van der Waals surface area contributed by atoms with Gasteiger partial charge in [0.2, 0.25) is 11.7 Å². The van der Waals surface area contributed by atoms with Gasteiger partial charge in [-0.2, -0.15) is 9.90 Å². The summed E-state index contributed by atoms with van der Waals surface area (Å²) >= 11 is 0. The highest BCUT2D eigenvalue weighted by molar-refractivity contribution is 5.76. The molecule has 1 N–H and O–H groups in total. The van der Waals surface area contributed by atoms with E-state index >= 15 is 0 Å². The molecule has 3 aromatic rings. The molecule has 1 amide bonds. The fourth-order valence-corrected chi connectivity index (χ4v) is 2.67. The SMILES string of the molecule is O=C(Cn1nnc(-c2ccccc2)n1)N1CCc2[nH]ncc2C1. The number of amides is 1. The maximum atomic E-state index is 12.4. The smallest absolute Gasteiger partial charge is 0.246 e. The summed E-state index contributed by atoms with van der Waals surface area (Å²) in [6, 6.07) is 9.58. The highest BCUT2D eigenvalue weighted by Gasteiger charge is 2.22. The average Bonchev–Trinajstić information content (AvgIpc) is 3.24. The van der Waals surface area contributed by atoms with Crippen LogP contribution >= 0.6 is 0 Å². The quantitative estimate of drug-likeness (QED) is 0.767.